The van der Waals surface area contributed by atoms with Gasteiger partial charge in [0.1, 0.15) is 11.5 Å². The number of Topliss-reactive ketones (excluding diaryl/α,β-unsaturated/α-hetero) is 1. The van der Waals surface area contributed by atoms with E-state index in [2.05, 4.69) is 30.8 Å². The molecule has 1 amide bonds. The van der Waals surface area contributed by atoms with Gasteiger partial charge in [0.25, 0.3) is 5.91 Å². The molecule has 0 atom stereocenters. The van der Waals surface area contributed by atoms with Crippen LogP contribution in [0.3, 0.4) is 0 Å². The van der Waals surface area contributed by atoms with Crippen LogP contribution in [-0.2, 0) is 6.42 Å². The molecule has 0 unspecified atom stereocenters. The van der Waals surface area contributed by atoms with Gasteiger partial charge in [0.15, 0.2) is 5.78 Å². The van der Waals surface area contributed by atoms with Crippen molar-refractivity contribution in [3.05, 3.63) is 45.3 Å². The van der Waals surface area contributed by atoms with Gasteiger partial charge in [-0.3, -0.25) is 9.59 Å². The van der Waals surface area contributed by atoms with Crippen LogP contribution < -0.4 is 4.90 Å². The Labute approximate surface area is 160 Å². The first-order valence-electron chi connectivity index (χ1n) is 8.95. The number of halogens is 1. The van der Waals surface area contributed by atoms with Gasteiger partial charge >= 0.3 is 0 Å². The molecule has 136 valence electrons. The van der Waals surface area contributed by atoms with Crippen LogP contribution in [0.5, 0.6) is 0 Å². The third-order valence-electron chi connectivity index (χ3n) is 5.25. The molecule has 7 heteroatoms. The Balaban J connectivity index is 1.47. The normalized spacial score (nSPS) is 17.4. The molecule has 2 aliphatic rings. The highest BCUT2D eigenvalue weighted by atomic mass is 79.9. The first-order valence-corrected chi connectivity index (χ1v) is 9.74. The monoisotopic (exact) mass is 416 g/mol. The van der Waals surface area contributed by atoms with Crippen molar-refractivity contribution in [3.8, 4) is 0 Å². The van der Waals surface area contributed by atoms with E-state index in [-0.39, 0.29) is 11.7 Å². The number of anilines is 1. The molecule has 0 aromatic carbocycles. The summed E-state index contributed by atoms with van der Waals surface area (Å²) in [6, 6.07) is 3.96. The average molecular weight is 417 g/mol. The van der Waals surface area contributed by atoms with E-state index >= 15 is 0 Å². The molecule has 1 N–H and O–H groups in total. The lowest BCUT2D eigenvalue weighted by Crippen LogP contribution is -2.49. The Morgan fingerprint density at radius 1 is 1.19 bits per heavy atom. The number of rotatable bonds is 2. The van der Waals surface area contributed by atoms with Crippen LogP contribution in [0.4, 0.5) is 5.82 Å². The maximum absolute atomic E-state index is 13.0. The van der Waals surface area contributed by atoms with Crippen molar-refractivity contribution in [2.45, 2.75) is 26.2 Å². The van der Waals surface area contributed by atoms with Crippen molar-refractivity contribution in [2.75, 3.05) is 31.1 Å². The van der Waals surface area contributed by atoms with E-state index in [1.54, 1.807) is 6.20 Å². The smallest absolute Gasteiger partial charge is 0.270 e. The third kappa shape index (κ3) is 3.05. The number of pyridine rings is 1. The van der Waals surface area contributed by atoms with Crippen molar-refractivity contribution < 1.29 is 9.59 Å². The maximum atomic E-state index is 13.0. The van der Waals surface area contributed by atoms with Gasteiger partial charge in [0.05, 0.1) is 0 Å². The molecule has 26 heavy (non-hydrogen) atoms. The highest BCUT2D eigenvalue weighted by molar-refractivity contribution is 9.10. The highest BCUT2D eigenvalue weighted by Gasteiger charge is 2.30. The zero-order valence-electron chi connectivity index (χ0n) is 14.7. The van der Waals surface area contributed by atoms with Crippen LogP contribution >= 0.6 is 15.9 Å². The molecule has 1 saturated heterocycles. The second kappa shape index (κ2) is 6.87. The van der Waals surface area contributed by atoms with Crippen LogP contribution in [0.15, 0.2) is 22.8 Å². The van der Waals surface area contributed by atoms with E-state index in [1.807, 2.05) is 24.0 Å². The molecule has 2 aromatic heterocycles. The van der Waals surface area contributed by atoms with Crippen molar-refractivity contribution in [1.29, 1.82) is 0 Å². The lowest BCUT2D eigenvalue weighted by Gasteiger charge is -2.35. The van der Waals surface area contributed by atoms with Crippen LogP contribution in [-0.4, -0.2) is 52.7 Å². The van der Waals surface area contributed by atoms with Gasteiger partial charge in [-0.1, -0.05) is 0 Å². The number of nitrogens with zero attached hydrogens (tertiary/aromatic N) is 3. The molecule has 6 nitrogen and oxygen atoms in total. The maximum Gasteiger partial charge on any atom is 0.270 e. The summed E-state index contributed by atoms with van der Waals surface area (Å²) in [7, 11) is 0. The van der Waals surface area contributed by atoms with Crippen LogP contribution in [0.25, 0.3) is 0 Å². The molecule has 0 bridgehead atoms. The Bertz CT molecular complexity index is 851. The minimum atomic E-state index is -0.00637. The van der Waals surface area contributed by atoms with E-state index in [1.165, 1.54) is 0 Å². The minimum absolute atomic E-state index is 0.00637. The van der Waals surface area contributed by atoms with Crippen molar-refractivity contribution in [3.63, 3.8) is 0 Å². The first-order chi connectivity index (χ1) is 12.5. The van der Waals surface area contributed by atoms with Crippen molar-refractivity contribution >= 4 is 33.4 Å². The number of hydrogen-bond donors (Lipinski definition) is 1. The zero-order valence-corrected chi connectivity index (χ0v) is 16.3. The number of fused-ring (bicyclic) bond motifs is 1. The summed E-state index contributed by atoms with van der Waals surface area (Å²) in [4.78, 5) is 36.9. The summed E-state index contributed by atoms with van der Waals surface area (Å²) in [5, 5.41) is 0. The number of hydrogen-bond acceptors (Lipinski definition) is 4. The number of aromatic amines is 1. The van der Waals surface area contributed by atoms with Crippen LogP contribution in [0.1, 0.15) is 44.9 Å². The summed E-state index contributed by atoms with van der Waals surface area (Å²) in [5.41, 5.74) is 3.07. The predicted octanol–water partition coefficient (Wildman–Crippen LogP) is 2.96. The molecule has 4 rings (SSSR count). The van der Waals surface area contributed by atoms with Crippen LogP contribution in [0, 0.1) is 6.92 Å². The molecule has 1 fully saturated rings. The van der Waals surface area contributed by atoms with E-state index < -0.39 is 0 Å². The molecule has 2 aromatic rings. The summed E-state index contributed by atoms with van der Waals surface area (Å²) in [6.45, 7) is 4.67. The van der Waals surface area contributed by atoms with Gasteiger partial charge in [-0.2, -0.15) is 0 Å². The standard InChI is InChI=1S/C19H21BrN4O2/c1-12-17-14(3-2-4-15(17)25)22-18(12)19(26)24-9-7-23(8-10-24)16-6-5-13(20)11-21-16/h5-6,11,22H,2-4,7-10H2,1H3. The summed E-state index contributed by atoms with van der Waals surface area (Å²) in [5.74, 6) is 1.08. The fraction of sp³-hybridized carbons (Fsp3) is 0.421. The van der Waals surface area contributed by atoms with E-state index in [0.717, 1.165) is 53.0 Å². The minimum Gasteiger partial charge on any atom is -0.354 e. The number of carbonyl (C=O) groups is 2. The number of aromatic nitrogens is 2. The van der Waals surface area contributed by atoms with E-state index in [0.29, 0.717) is 25.2 Å². The molecule has 3 heterocycles. The van der Waals surface area contributed by atoms with Gasteiger partial charge in [-0.25, -0.2) is 4.98 Å². The molecule has 0 radical (unpaired) electrons. The zero-order chi connectivity index (χ0) is 18.3. The molecule has 0 spiro atoms. The number of amides is 1. The van der Waals surface area contributed by atoms with Gasteiger partial charge < -0.3 is 14.8 Å². The van der Waals surface area contributed by atoms with Gasteiger partial charge in [0, 0.05) is 54.5 Å². The topological polar surface area (TPSA) is 69.3 Å². The summed E-state index contributed by atoms with van der Waals surface area (Å²) >= 11 is 3.40. The van der Waals surface area contributed by atoms with Gasteiger partial charge in [-0.05, 0) is 53.4 Å². The second-order valence-corrected chi connectivity index (χ2v) is 7.78. The average Bonchev–Trinajstić information content (AvgIpc) is 3.00. The number of carbonyl (C=O) groups excluding carboxylic acids is 2. The van der Waals surface area contributed by atoms with Gasteiger partial charge in [0.2, 0.25) is 0 Å². The fourth-order valence-electron chi connectivity index (χ4n) is 3.84. The molecular formula is C19H21BrN4O2. The Hall–Kier alpha value is -2.15. The van der Waals surface area contributed by atoms with Gasteiger partial charge in [-0.15, -0.1) is 0 Å². The Morgan fingerprint density at radius 2 is 1.96 bits per heavy atom. The second-order valence-electron chi connectivity index (χ2n) is 6.87. The third-order valence-corrected chi connectivity index (χ3v) is 5.72. The number of H-pyrrole nitrogens is 1. The van der Waals surface area contributed by atoms with E-state index in [4.69, 9.17) is 0 Å². The van der Waals surface area contributed by atoms with Crippen molar-refractivity contribution in [2.24, 2.45) is 0 Å². The molecule has 0 saturated carbocycles. The highest BCUT2D eigenvalue weighted by Crippen LogP contribution is 2.27. The van der Waals surface area contributed by atoms with Crippen molar-refractivity contribution in [1.82, 2.24) is 14.9 Å². The number of aryl methyl sites for hydroxylation is 1. The lowest BCUT2D eigenvalue weighted by atomic mass is 9.93. The van der Waals surface area contributed by atoms with Crippen LogP contribution in [0.2, 0.25) is 0 Å². The van der Waals surface area contributed by atoms with E-state index in [9.17, 15) is 9.59 Å². The summed E-state index contributed by atoms with van der Waals surface area (Å²) in [6.07, 6.45) is 4.07. The number of piperazine rings is 1. The molecular weight excluding hydrogens is 396 g/mol. The quantitative estimate of drug-likeness (QED) is 0.816. The Kier molecular flexibility index (Phi) is 4.56. The molecule has 1 aliphatic carbocycles. The predicted molar refractivity (Wildman–Crippen MR) is 103 cm³/mol. The first kappa shape index (κ1) is 17.3. The molecule has 1 aliphatic heterocycles. The largest absolute Gasteiger partial charge is 0.354 e. The number of nitrogens with one attached hydrogen (secondary N) is 1. The summed E-state index contributed by atoms with van der Waals surface area (Å²) < 4.78 is 0.954. The number of ketones is 1. The fourth-order valence-corrected chi connectivity index (χ4v) is 4.07. The SMILES string of the molecule is Cc1c(C(=O)N2CCN(c3ccc(Br)cn3)CC2)[nH]c2c1C(=O)CCC2. The lowest BCUT2D eigenvalue weighted by molar-refractivity contribution is 0.0740. The Morgan fingerprint density at radius 3 is 2.62 bits per heavy atom.